The second-order valence-corrected chi connectivity index (χ2v) is 5.94. The van der Waals surface area contributed by atoms with Gasteiger partial charge in [-0.25, -0.2) is 0 Å². The van der Waals surface area contributed by atoms with Gasteiger partial charge in [0.1, 0.15) is 11.5 Å². The van der Waals surface area contributed by atoms with Crippen LogP contribution in [0.25, 0.3) is 0 Å². The number of carbonyl (C=O) groups excluding carboxylic acids is 1. The van der Waals surface area contributed by atoms with Crippen LogP contribution in [0.5, 0.6) is 11.5 Å². The van der Waals surface area contributed by atoms with Crippen LogP contribution in [0.15, 0.2) is 12.1 Å². The van der Waals surface area contributed by atoms with Gasteiger partial charge in [0.2, 0.25) is 0 Å². The SMILES string of the molecule is CCCc1c(OCCCS)ccc(C(C)=O)c1OCCCC(=O)O. The molecule has 0 amide bonds. The third-order valence-corrected chi connectivity index (χ3v) is 3.75. The van der Waals surface area contributed by atoms with Gasteiger partial charge in [-0.3, -0.25) is 9.59 Å². The van der Waals surface area contributed by atoms with Crippen molar-refractivity contribution in [3.63, 3.8) is 0 Å². The number of Topliss-reactive ketones (excluding diaryl/α,β-unsaturated/α-hetero) is 1. The monoisotopic (exact) mass is 354 g/mol. The molecule has 0 heterocycles. The van der Waals surface area contributed by atoms with E-state index in [4.69, 9.17) is 14.6 Å². The van der Waals surface area contributed by atoms with E-state index >= 15 is 0 Å². The molecule has 0 atom stereocenters. The second-order valence-electron chi connectivity index (χ2n) is 5.50. The van der Waals surface area contributed by atoms with E-state index in [-0.39, 0.29) is 18.8 Å². The van der Waals surface area contributed by atoms with Crippen molar-refractivity contribution in [2.24, 2.45) is 0 Å². The molecule has 0 saturated heterocycles. The Hall–Kier alpha value is -1.69. The van der Waals surface area contributed by atoms with Gasteiger partial charge in [0.15, 0.2) is 5.78 Å². The van der Waals surface area contributed by atoms with Crippen LogP contribution in [0.1, 0.15) is 55.5 Å². The van der Waals surface area contributed by atoms with E-state index in [9.17, 15) is 9.59 Å². The highest BCUT2D eigenvalue weighted by Crippen LogP contribution is 2.34. The highest BCUT2D eigenvalue weighted by Gasteiger charge is 2.18. The Morgan fingerprint density at radius 3 is 2.46 bits per heavy atom. The van der Waals surface area contributed by atoms with Gasteiger partial charge in [0, 0.05) is 12.0 Å². The molecular formula is C18H26O5S. The van der Waals surface area contributed by atoms with Crippen molar-refractivity contribution in [1.29, 1.82) is 0 Å². The molecule has 0 radical (unpaired) electrons. The van der Waals surface area contributed by atoms with E-state index in [1.54, 1.807) is 6.07 Å². The fourth-order valence-electron chi connectivity index (χ4n) is 2.32. The van der Waals surface area contributed by atoms with Gasteiger partial charge in [-0.15, -0.1) is 0 Å². The third-order valence-electron chi connectivity index (χ3n) is 3.44. The summed E-state index contributed by atoms with van der Waals surface area (Å²) in [4.78, 5) is 22.5. The fourth-order valence-corrected chi connectivity index (χ4v) is 2.45. The normalized spacial score (nSPS) is 10.5. The molecule has 0 aliphatic rings. The van der Waals surface area contributed by atoms with Crippen molar-refractivity contribution < 1.29 is 24.2 Å². The number of carboxylic acid groups (broad SMARTS) is 1. The molecule has 1 rings (SSSR count). The number of hydrogen-bond donors (Lipinski definition) is 2. The molecule has 6 heteroatoms. The van der Waals surface area contributed by atoms with Gasteiger partial charge in [-0.2, -0.15) is 12.6 Å². The minimum atomic E-state index is -0.858. The van der Waals surface area contributed by atoms with E-state index in [2.05, 4.69) is 12.6 Å². The first-order valence-electron chi connectivity index (χ1n) is 8.26. The van der Waals surface area contributed by atoms with Gasteiger partial charge in [0.05, 0.1) is 18.8 Å². The number of hydrogen-bond acceptors (Lipinski definition) is 5. The Morgan fingerprint density at radius 1 is 1.17 bits per heavy atom. The highest BCUT2D eigenvalue weighted by atomic mass is 32.1. The summed E-state index contributed by atoms with van der Waals surface area (Å²) >= 11 is 4.17. The summed E-state index contributed by atoms with van der Waals surface area (Å²) in [5, 5.41) is 8.72. The van der Waals surface area contributed by atoms with Crippen molar-refractivity contribution in [1.82, 2.24) is 0 Å². The van der Waals surface area contributed by atoms with E-state index in [1.165, 1.54) is 6.92 Å². The maximum absolute atomic E-state index is 11.9. The predicted molar refractivity (Wildman–Crippen MR) is 96.8 cm³/mol. The van der Waals surface area contributed by atoms with Crippen molar-refractivity contribution in [3.8, 4) is 11.5 Å². The van der Waals surface area contributed by atoms with Crippen molar-refractivity contribution >= 4 is 24.4 Å². The second kappa shape index (κ2) is 11.0. The number of ether oxygens (including phenoxy) is 2. The minimum absolute atomic E-state index is 0.0383. The molecular weight excluding hydrogens is 328 g/mol. The number of rotatable bonds is 12. The van der Waals surface area contributed by atoms with Crippen LogP contribution in [0.2, 0.25) is 0 Å². The third kappa shape index (κ3) is 6.43. The molecule has 0 spiro atoms. The number of carboxylic acids is 1. The molecule has 1 N–H and O–H groups in total. The molecule has 0 aliphatic heterocycles. The van der Waals surface area contributed by atoms with Crippen LogP contribution >= 0.6 is 12.6 Å². The lowest BCUT2D eigenvalue weighted by Crippen LogP contribution is -2.10. The zero-order valence-electron chi connectivity index (χ0n) is 14.3. The molecule has 1 aromatic carbocycles. The largest absolute Gasteiger partial charge is 0.493 e. The Morgan fingerprint density at radius 2 is 1.88 bits per heavy atom. The topological polar surface area (TPSA) is 72.8 Å². The first-order valence-corrected chi connectivity index (χ1v) is 8.89. The minimum Gasteiger partial charge on any atom is -0.493 e. The lowest BCUT2D eigenvalue weighted by Gasteiger charge is -2.18. The highest BCUT2D eigenvalue weighted by molar-refractivity contribution is 7.80. The number of carbonyl (C=O) groups is 2. The Balaban J connectivity index is 3.04. The predicted octanol–water partition coefficient (Wildman–Crippen LogP) is 3.78. The molecule has 0 unspecified atom stereocenters. The van der Waals surface area contributed by atoms with Crippen molar-refractivity contribution in [2.75, 3.05) is 19.0 Å². The van der Waals surface area contributed by atoms with Crippen molar-refractivity contribution in [3.05, 3.63) is 23.3 Å². The van der Waals surface area contributed by atoms with Gasteiger partial charge in [-0.1, -0.05) is 13.3 Å². The first kappa shape index (κ1) is 20.4. The van der Waals surface area contributed by atoms with E-state index in [1.807, 2.05) is 13.0 Å². The summed E-state index contributed by atoms with van der Waals surface area (Å²) in [7, 11) is 0. The lowest BCUT2D eigenvalue weighted by molar-refractivity contribution is -0.137. The molecule has 1 aromatic rings. The molecule has 24 heavy (non-hydrogen) atoms. The number of thiol groups is 1. The summed E-state index contributed by atoms with van der Waals surface area (Å²) in [5.41, 5.74) is 1.38. The average Bonchev–Trinajstić information content (AvgIpc) is 2.53. The van der Waals surface area contributed by atoms with Crippen LogP contribution in [0, 0.1) is 0 Å². The first-order chi connectivity index (χ1) is 11.5. The summed E-state index contributed by atoms with van der Waals surface area (Å²) in [5.74, 6) is 1.05. The smallest absolute Gasteiger partial charge is 0.303 e. The van der Waals surface area contributed by atoms with Gasteiger partial charge < -0.3 is 14.6 Å². The molecule has 0 fully saturated rings. The van der Waals surface area contributed by atoms with Gasteiger partial charge >= 0.3 is 5.97 Å². The molecule has 134 valence electrons. The molecule has 0 saturated carbocycles. The van der Waals surface area contributed by atoms with Gasteiger partial charge in [0.25, 0.3) is 0 Å². The van der Waals surface area contributed by atoms with Crippen LogP contribution < -0.4 is 9.47 Å². The van der Waals surface area contributed by atoms with E-state index in [0.717, 1.165) is 36.3 Å². The fraction of sp³-hybridized carbons (Fsp3) is 0.556. The van der Waals surface area contributed by atoms with Crippen LogP contribution in [-0.4, -0.2) is 35.8 Å². The summed E-state index contributed by atoms with van der Waals surface area (Å²) in [6, 6.07) is 3.52. The van der Waals surface area contributed by atoms with E-state index in [0.29, 0.717) is 24.3 Å². The maximum Gasteiger partial charge on any atom is 0.303 e. The van der Waals surface area contributed by atoms with Crippen LogP contribution in [0.4, 0.5) is 0 Å². The standard InChI is InChI=1S/C18H26O5S/c1-3-6-15-16(22-11-5-12-24)9-8-14(13(2)19)18(15)23-10-4-7-17(20)21/h8-9,24H,3-7,10-12H2,1-2H3,(H,20,21). The van der Waals surface area contributed by atoms with E-state index < -0.39 is 5.97 Å². The maximum atomic E-state index is 11.9. The Bertz CT molecular complexity index is 557. The van der Waals surface area contributed by atoms with Crippen LogP contribution in [0.3, 0.4) is 0 Å². The number of ketones is 1. The summed E-state index contributed by atoms with van der Waals surface area (Å²) in [6.07, 6.45) is 2.87. The number of benzene rings is 1. The molecule has 0 aliphatic carbocycles. The average molecular weight is 354 g/mol. The molecule has 0 bridgehead atoms. The van der Waals surface area contributed by atoms with Crippen LogP contribution in [-0.2, 0) is 11.2 Å². The lowest BCUT2D eigenvalue weighted by atomic mass is 10.0. The summed E-state index contributed by atoms with van der Waals surface area (Å²) < 4.78 is 11.6. The van der Waals surface area contributed by atoms with Gasteiger partial charge in [-0.05, 0) is 44.1 Å². The van der Waals surface area contributed by atoms with Crippen molar-refractivity contribution in [2.45, 2.75) is 46.0 Å². The Kier molecular flexibility index (Phi) is 9.30. The zero-order chi connectivity index (χ0) is 17.9. The quantitative estimate of drug-likeness (QED) is 0.339. The molecule has 5 nitrogen and oxygen atoms in total. The zero-order valence-corrected chi connectivity index (χ0v) is 15.2. The molecule has 0 aromatic heterocycles. The Labute approximate surface area is 148 Å². The number of aliphatic carboxylic acids is 1. The summed E-state index contributed by atoms with van der Waals surface area (Å²) in [6.45, 7) is 4.35.